The van der Waals surface area contributed by atoms with E-state index in [4.69, 9.17) is 0 Å². The van der Waals surface area contributed by atoms with Gasteiger partial charge in [-0.15, -0.1) is 0 Å². The minimum absolute atomic E-state index is 0.758. The molecule has 3 aliphatic rings. The van der Waals surface area contributed by atoms with Gasteiger partial charge >= 0.3 is 0 Å². The van der Waals surface area contributed by atoms with Crippen molar-refractivity contribution in [2.75, 3.05) is 0 Å². The maximum Gasteiger partial charge on any atom is -0.0178 e. The van der Waals surface area contributed by atoms with Gasteiger partial charge in [0.05, 0.1) is 0 Å². The van der Waals surface area contributed by atoms with Gasteiger partial charge in [-0.25, -0.2) is 0 Å². The summed E-state index contributed by atoms with van der Waals surface area (Å²) < 4.78 is 0. The first-order valence-electron chi connectivity index (χ1n) is 4.69. The molecular formula is C10H16. The highest BCUT2D eigenvalue weighted by molar-refractivity contribution is 5.30. The lowest BCUT2D eigenvalue weighted by molar-refractivity contribution is 0.467. The van der Waals surface area contributed by atoms with E-state index in [1.165, 1.54) is 12.3 Å². The second-order valence-electron chi connectivity index (χ2n) is 5.15. The first-order valence-corrected chi connectivity index (χ1v) is 4.69. The molecule has 0 saturated heterocycles. The molecule has 1 spiro atoms. The zero-order valence-electron chi connectivity index (χ0n) is 6.98. The number of rotatable bonds is 0. The smallest absolute Gasteiger partial charge is 0.0178 e. The molecule has 0 N–H and O–H groups in total. The summed E-state index contributed by atoms with van der Waals surface area (Å²) in [6.45, 7) is 4.98. The van der Waals surface area contributed by atoms with Crippen LogP contribution in [0.25, 0.3) is 0 Å². The first-order chi connectivity index (χ1) is 4.69. The number of hydrogen-bond donors (Lipinski definition) is 0. The highest BCUT2D eigenvalue weighted by Gasteiger charge is 2.82. The van der Waals surface area contributed by atoms with Gasteiger partial charge in [0.25, 0.3) is 0 Å². The third-order valence-electron chi connectivity index (χ3n) is 4.81. The van der Waals surface area contributed by atoms with Crippen LogP contribution < -0.4 is 0 Å². The fourth-order valence-electron chi connectivity index (χ4n) is 4.11. The molecule has 0 heterocycles. The predicted octanol–water partition coefficient (Wildman–Crippen LogP) is 2.83. The summed E-state index contributed by atoms with van der Waals surface area (Å²) in [6, 6.07) is 0. The third-order valence-corrected chi connectivity index (χ3v) is 4.81. The quantitative estimate of drug-likeness (QED) is 0.480. The average Bonchev–Trinajstić information content (AvgIpc) is 2.67. The molecule has 56 valence electrons. The molecule has 0 aromatic carbocycles. The van der Waals surface area contributed by atoms with E-state index in [0.29, 0.717) is 0 Å². The summed E-state index contributed by atoms with van der Waals surface area (Å²) in [7, 11) is 0. The monoisotopic (exact) mass is 136 g/mol. The van der Waals surface area contributed by atoms with Gasteiger partial charge in [0, 0.05) is 0 Å². The van der Waals surface area contributed by atoms with Crippen LogP contribution in [0.15, 0.2) is 0 Å². The molecular weight excluding hydrogens is 120 g/mol. The highest BCUT2D eigenvalue weighted by atomic mass is 14.9. The number of hydrogen-bond acceptors (Lipinski definition) is 0. The fourth-order valence-corrected chi connectivity index (χ4v) is 4.11. The Hall–Kier alpha value is 0. The largest absolute Gasteiger partial charge is 0.0591 e. The molecule has 0 amide bonds. The zero-order chi connectivity index (χ0) is 6.98. The summed E-state index contributed by atoms with van der Waals surface area (Å²) in [4.78, 5) is 0. The standard InChI is InChI=1S/C10H16/c1-9(2)8-5-3-4-7-6-10(7,8)9/h7-8H,3-6H2,1-2H3. The molecule has 3 unspecified atom stereocenters. The van der Waals surface area contributed by atoms with E-state index in [0.717, 1.165) is 16.7 Å². The summed E-state index contributed by atoms with van der Waals surface area (Å²) in [5.41, 5.74) is 1.67. The van der Waals surface area contributed by atoms with Crippen LogP contribution in [0.1, 0.15) is 39.5 Å². The molecule has 0 aromatic rings. The van der Waals surface area contributed by atoms with Crippen LogP contribution in [0.5, 0.6) is 0 Å². The molecule has 3 saturated carbocycles. The Labute approximate surface area is 63.0 Å². The molecule has 3 atom stereocenters. The summed E-state index contributed by atoms with van der Waals surface area (Å²) in [5, 5.41) is 0. The van der Waals surface area contributed by atoms with Gasteiger partial charge < -0.3 is 0 Å². The van der Waals surface area contributed by atoms with Crippen molar-refractivity contribution < 1.29 is 0 Å². The third kappa shape index (κ3) is 0.339. The molecule has 0 aromatic heterocycles. The van der Waals surface area contributed by atoms with Gasteiger partial charge in [-0.2, -0.15) is 0 Å². The van der Waals surface area contributed by atoms with E-state index in [1.54, 1.807) is 19.3 Å². The van der Waals surface area contributed by atoms with Crippen molar-refractivity contribution in [3.63, 3.8) is 0 Å². The molecule has 0 heteroatoms. The van der Waals surface area contributed by atoms with Crippen molar-refractivity contribution >= 4 is 0 Å². The van der Waals surface area contributed by atoms with Crippen molar-refractivity contribution in [1.82, 2.24) is 0 Å². The van der Waals surface area contributed by atoms with Crippen LogP contribution in [0, 0.1) is 22.7 Å². The highest BCUT2D eigenvalue weighted by Crippen LogP contribution is 2.88. The minimum Gasteiger partial charge on any atom is -0.0591 e. The molecule has 3 rings (SSSR count). The van der Waals surface area contributed by atoms with Crippen molar-refractivity contribution in [3.8, 4) is 0 Å². The van der Waals surface area contributed by atoms with E-state index in [-0.39, 0.29) is 0 Å². The lowest BCUT2D eigenvalue weighted by Crippen LogP contribution is -1.93. The minimum atomic E-state index is 0.758. The Morgan fingerprint density at radius 3 is 2.60 bits per heavy atom. The Morgan fingerprint density at radius 2 is 2.00 bits per heavy atom. The average molecular weight is 136 g/mol. The second-order valence-corrected chi connectivity index (χ2v) is 5.15. The molecule has 3 fully saturated rings. The van der Waals surface area contributed by atoms with Gasteiger partial charge in [-0.3, -0.25) is 0 Å². The molecule has 0 nitrogen and oxygen atoms in total. The molecule has 3 aliphatic carbocycles. The van der Waals surface area contributed by atoms with E-state index in [9.17, 15) is 0 Å². The second kappa shape index (κ2) is 1.19. The van der Waals surface area contributed by atoms with Crippen molar-refractivity contribution in [1.29, 1.82) is 0 Å². The fraction of sp³-hybridized carbons (Fsp3) is 1.00. The van der Waals surface area contributed by atoms with Gasteiger partial charge in [0.15, 0.2) is 0 Å². The van der Waals surface area contributed by atoms with Crippen LogP contribution in [0.3, 0.4) is 0 Å². The SMILES string of the molecule is CC1(C)C2CCCC3CC321. The van der Waals surface area contributed by atoms with E-state index in [2.05, 4.69) is 13.8 Å². The maximum absolute atomic E-state index is 2.49. The molecule has 10 heavy (non-hydrogen) atoms. The normalized spacial score (nSPS) is 60.6. The van der Waals surface area contributed by atoms with Crippen LogP contribution in [0.2, 0.25) is 0 Å². The summed E-state index contributed by atoms with van der Waals surface area (Å²) >= 11 is 0. The van der Waals surface area contributed by atoms with Crippen LogP contribution in [-0.2, 0) is 0 Å². The Balaban J connectivity index is 1.99. The molecule has 0 bridgehead atoms. The lowest BCUT2D eigenvalue weighted by atomic mass is 10.0. The lowest BCUT2D eigenvalue weighted by Gasteiger charge is -2.04. The van der Waals surface area contributed by atoms with Crippen molar-refractivity contribution in [2.24, 2.45) is 22.7 Å². The van der Waals surface area contributed by atoms with E-state index >= 15 is 0 Å². The van der Waals surface area contributed by atoms with Gasteiger partial charge in [0.2, 0.25) is 0 Å². The zero-order valence-corrected chi connectivity index (χ0v) is 6.98. The topological polar surface area (TPSA) is 0 Å². The van der Waals surface area contributed by atoms with Gasteiger partial charge in [-0.1, -0.05) is 20.3 Å². The maximum atomic E-state index is 2.49. The first kappa shape index (κ1) is 5.62. The molecule has 0 radical (unpaired) electrons. The Kier molecular flexibility index (Phi) is 0.669. The summed E-state index contributed by atoms with van der Waals surface area (Å²) in [6.07, 6.45) is 6.22. The Bertz CT molecular complexity index is 192. The summed E-state index contributed by atoms with van der Waals surface area (Å²) in [5.74, 6) is 2.31. The van der Waals surface area contributed by atoms with E-state index in [1.807, 2.05) is 0 Å². The van der Waals surface area contributed by atoms with Crippen molar-refractivity contribution in [2.45, 2.75) is 39.5 Å². The van der Waals surface area contributed by atoms with Crippen LogP contribution in [0.4, 0.5) is 0 Å². The molecule has 0 aliphatic heterocycles. The van der Waals surface area contributed by atoms with E-state index < -0.39 is 0 Å². The van der Waals surface area contributed by atoms with Crippen molar-refractivity contribution in [3.05, 3.63) is 0 Å². The van der Waals surface area contributed by atoms with Crippen LogP contribution in [-0.4, -0.2) is 0 Å². The van der Waals surface area contributed by atoms with Crippen LogP contribution >= 0.6 is 0 Å². The van der Waals surface area contributed by atoms with Gasteiger partial charge in [0.1, 0.15) is 0 Å². The predicted molar refractivity (Wildman–Crippen MR) is 41.7 cm³/mol. The van der Waals surface area contributed by atoms with Gasteiger partial charge in [-0.05, 0) is 41.9 Å². The Morgan fingerprint density at radius 1 is 1.20 bits per heavy atom.